The Morgan fingerprint density at radius 2 is 2.03 bits per heavy atom. The molecule has 2 aromatic heterocycles. The summed E-state index contributed by atoms with van der Waals surface area (Å²) in [7, 11) is 0. The molecule has 0 bridgehead atoms. The molecule has 32 heavy (non-hydrogen) atoms. The molecule has 1 fully saturated rings. The summed E-state index contributed by atoms with van der Waals surface area (Å²) in [5.74, 6) is 0.486. The van der Waals surface area contributed by atoms with Crippen molar-refractivity contribution in [2.75, 3.05) is 11.9 Å². The minimum absolute atomic E-state index is 0.164. The molecule has 3 heterocycles. The Bertz CT molecular complexity index is 1100. The Balaban J connectivity index is 1.41. The monoisotopic (exact) mass is 459 g/mol. The van der Waals surface area contributed by atoms with Gasteiger partial charge in [0.1, 0.15) is 5.82 Å². The topological polar surface area (TPSA) is 56.8 Å². The van der Waals surface area contributed by atoms with Crippen molar-refractivity contribution in [2.45, 2.75) is 52.6 Å². The Labute approximate surface area is 192 Å². The first kappa shape index (κ1) is 22.7. The number of aromatic nitrogens is 3. The van der Waals surface area contributed by atoms with Crippen LogP contribution in [-0.2, 0) is 13.0 Å². The lowest BCUT2D eigenvalue weighted by Gasteiger charge is -2.38. The van der Waals surface area contributed by atoms with Crippen LogP contribution >= 0.6 is 11.6 Å². The molecule has 2 atom stereocenters. The first-order chi connectivity index (χ1) is 15.3. The molecule has 8 heteroatoms. The second-order valence-corrected chi connectivity index (χ2v) is 9.19. The van der Waals surface area contributed by atoms with E-state index in [1.54, 1.807) is 25.1 Å². The van der Waals surface area contributed by atoms with Gasteiger partial charge in [-0.15, -0.1) is 0 Å². The minimum Gasteiger partial charge on any atom is -0.321 e. The summed E-state index contributed by atoms with van der Waals surface area (Å²) in [4.78, 5) is 6.84. The van der Waals surface area contributed by atoms with E-state index in [0.717, 1.165) is 37.2 Å². The third-order valence-electron chi connectivity index (χ3n) is 6.17. The number of nitrogens with one attached hydrogen (secondary N) is 2. The van der Waals surface area contributed by atoms with Crippen molar-refractivity contribution in [1.82, 2.24) is 20.1 Å². The fraction of sp³-hybridized carbons (Fsp3) is 0.417. The van der Waals surface area contributed by atoms with Gasteiger partial charge in [-0.2, -0.15) is 5.10 Å². The first-order valence-electron chi connectivity index (χ1n) is 10.9. The molecule has 170 valence electrons. The van der Waals surface area contributed by atoms with Gasteiger partial charge in [-0.05, 0) is 70.2 Å². The summed E-state index contributed by atoms with van der Waals surface area (Å²) in [6, 6.07) is 9.09. The van der Waals surface area contributed by atoms with Gasteiger partial charge in [0.2, 0.25) is 0 Å². The normalized spacial score (nSPS) is 19.3. The number of piperidine rings is 1. The molecule has 0 radical (unpaired) electrons. The van der Waals surface area contributed by atoms with Gasteiger partial charge < -0.3 is 5.32 Å². The highest BCUT2D eigenvalue weighted by Crippen LogP contribution is 2.29. The Morgan fingerprint density at radius 3 is 2.75 bits per heavy atom. The number of nitrogens with zero attached hydrogens (tertiary/aromatic N) is 3. The molecule has 1 saturated heterocycles. The van der Waals surface area contributed by atoms with Crippen molar-refractivity contribution in [3.8, 4) is 0 Å². The minimum atomic E-state index is -0.360. The van der Waals surface area contributed by atoms with Gasteiger partial charge in [-0.25, -0.2) is 13.8 Å². The number of hydrogen-bond acceptors (Lipinski definition) is 4. The van der Waals surface area contributed by atoms with Crippen molar-refractivity contribution >= 4 is 23.2 Å². The molecule has 0 saturated carbocycles. The van der Waals surface area contributed by atoms with E-state index in [2.05, 4.69) is 32.3 Å². The van der Waals surface area contributed by atoms with Crippen LogP contribution in [0.4, 0.5) is 20.4 Å². The zero-order chi connectivity index (χ0) is 22.8. The standard InChI is InChI=1S/C24H28ClF2N5/c1-14-9-19(28-24(22(14)26)29-21-10-15(2)30-31-21)12-17-7-8-32(16(3)11-17)13-18-5-4-6-20(25)23(18)27/h4-6,9-10,16-17H,7-8,11-13H2,1-3H3,(H2,28,29,30,31)/t16-,17+/m1/s1. The van der Waals surface area contributed by atoms with Crippen LogP contribution < -0.4 is 5.32 Å². The predicted molar refractivity (Wildman–Crippen MR) is 123 cm³/mol. The van der Waals surface area contributed by atoms with E-state index in [9.17, 15) is 8.78 Å². The molecule has 3 aromatic rings. The predicted octanol–water partition coefficient (Wildman–Crippen LogP) is 5.94. The second-order valence-electron chi connectivity index (χ2n) is 8.78. The van der Waals surface area contributed by atoms with E-state index in [4.69, 9.17) is 11.6 Å². The smallest absolute Gasteiger partial charge is 0.168 e. The maximum absolute atomic E-state index is 14.6. The third kappa shape index (κ3) is 5.10. The number of H-pyrrole nitrogens is 1. The van der Waals surface area contributed by atoms with Crippen LogP contribution in [0.5, 0.6) is 0 Å². The maximum atomic E-state index is 14.6. The average Bonchev–Trinajstić information content (AvgIpc) is 3.15. The zero-order valence-corrected chi connectivity index (χ0v) is 19.3. The molecule has 2 N–H and O–H groups in total. The summed E-state index contributed by atoms with van der Waals surface area (Å²) in [5, 5.41) is 10.1. The van der Waals surface area contributed by atoms with Crippen molar-refractivity contribution in [2.24, 2.45) is 5.92 Å². The van der Waals surface area contributed by atoms with Gasteiger partial charge >= 0.3 is 0 Å². The van der Waals surface area contributed by atoms with Crippen LogP contribution in [0.3, 0.4) is 0 Å². The van der Waals surface area contributed by atoms with Gasteiger partial charge in [0.25, 0.3) is 0 Å². The number of anilines is 2. The van der Waals surface area contributed by atoms with E-state index in [-0.39, 0.29) is 22.5 Å². The van der Waals surface area contributed by atoms with E-state index >= 15 is 0 Å². The van der Waals surface area contributed by atoms with E-state index < -0.39 is 0 Å². The van der Waals surface area contributed by atoms with Gasteiger partial charge in [-0.1, -0.05) is 23.7 Å². The summed E-state index contributed by atoms with van der Waals surface area (Å²) in [6.45, 7) is 7.23. The lowest BCUT2D eigenvalue weighted by molar-refractivity contribution is 0.114. The van der Waals surface area contributed by atoms with E-state index in [1.807, 2.05) is 19.1 Å². The third-order valence-corrected chi connectivity index (χ3v) is 6.46. The highest BCUT2D eigenvalue weighted by Gasteiger charge is 2.27. The quantitative estimate of drug-likeness (QED) is 0.479. The van der Waals surface area contributed by atoms with Crippen molar-refractivity contribution in [3.05, 3.63) is 69.5 Å². The molecular formula is C24H28ClF2N5. The Morgan fingerprint density at radius 1 is 1.22 bits per heavy atom. The van der Waals surface area contributed by atoms with E-state index in [0.29, 0.717) is 35.4 Å². The average molecular weight is 460 g/mol. The number of hydrogen-bond donors (Lipinski definition) is 2. The fourth-order valence-corrected chi connectivity index (χ4v) is 4.63. The summed E-state index contributed by atoms with van der Waals surface area (Å²) >= 11 is 5.93. The molecule has 0 amide bonds. The zero-order valence-electron chi connectivity index (χ0n) is 18.6. The summed E-state index contributed by atoms with van der Waals surface area (Å²) in [5.41, 5.74) is 2.94. The first-order valence-corrected chi connectivity index (χ1v) is 11.3. The molecule has 5 nitrogen and oxygen atoms in total. The molecule has 1 aromatic carbocycles. The Hall–Kier alpha value is -2.51. The lowest BCUT2D eigenvalue weighted by atomic mass is 9.87. The second kappa shape index (κ2) is 9.55. The van der Waals surface area contributed by atoms with Crippen molar-refractivity contribution < 1.29 is 8.78 Å². The van der Waals surface area contributed by atoms with Crippen LogP contribution in [0.2, 0.25) is 5.02 Å². The van der Waals surface area contributed by atoms with Gasteiger partial charge in [0.15, 0.2) is 17.5 Å². The molecule has 1 aliphatic heterocycles. The van der Waals surface area contributed by atoms with Gasteiger partial charge in [-0.3, -0.25) is 10.00 Å². The van der Waals surface area contributed by atoms with Crippen LogP contribution in [0, 0.1) is 31.4 Å². The van der Waals surface area contributed by atoms with Crippen LogP contribution in [0.1, 0.15) is 42.3 Å². The highest BCUT2D eigenvalue weighted by molar-refractivity contribution is 6.30. The van der Waals surface area contributed by atoms with Crippen molar-refractivity contribution in [1.29, 1.82) is 0 Å². The lowest BCUT2D eigenvalue weighted by Crippen LogP contribution is -2.40. The van der Waals surface area contributed by atoms with Crippen LogP contribution in [-0.4, -0.2) is 32.7 Å². The molecule has 0 spiro atoms. The van der Waals surface area contributed by atoms with Crippen molar-refractivity contribution in [3.63, 3.8) is 0 Å². The number of rotatable bonds is 6. The highest BCUT2D eigenvalue weighted by atomic mass is 35.5. The number of pyridine rings is 1. The molecule has 0 unspecified atom stereocenters. The molecule has 4 rings (SSSR count). The van der Waals surface area contributed by atoms with Gasteiger partial charge in [0.05, 0.1) is 5.02 Å². The number of benzene rings is 1. The number of halogens is 3. The SMILES string of the molecule is Cc1cc(Nc2nc(C[C@H]3CCN(Cc4cccc(Cl)c4F)[C@H](C)C3)cc(C)c2F)n[nH]1. The van der Waals surface area contributed by atoms with Gasteiger partial charge in [0, 0.05) is 35.6 Å². The van der Waals surface area contributed by atoms with E-state index in [1.165, 1.54) is 0 Å². The molecule has 1 aliphatic rings. The fourth-order valence-electron chi connectivity index (χ4n) is 4.44. The number of aromatic amines is 1. The Kier molecular flexibility index (Phi) is 6.76. The summed E-state index contributed by atoms with van der Waals surface area (Å²) < 4.78 is 28.9. The number of aryl methyl sites for hydroxylation is 2. The molecular weight excluding hydrogens is 432 g/mol. The largest absolute Gasteiger partial charge is 0.321 e. The van der Waals surface area contributed by atoms with Crippen LogP contribution in [0.25, 0.3) is 0 Å². The summed E-state index contributed by atoms with van der Waals surface area (Å²) in [6.07, 6.45) is 2.73. The maximum Gasteiger partial charge on any atom is 0.168 e. The molecule has 0 aliphatic carbocycles. The van der Waals surface area contributed by atoms with Crippen LogP contribution in [0.15, 0.2) is 30.3 Å². The number of likely N-dealkylation sites (tertiary alicyclic amines) is 1.